The summed E-state index contributed by atoms with van der Waals surface area (Å²) in [5, 5.41) is 7.53. The van der Waals surface area contributed by atoms with Crippen molar-refractivity contribution in [3.05, 3.63) is 41.7 Å². The van der Waals surface area contributed by atoms with Gasteiger partial charge in [-0.1, -0.05) is 25.4 Å². The molecule has 0 unspecified atom stereocenters. The molecule has 1 N–H and O–H groups in total. The lowest BCUT2D eigenvalue weighted by Gasteiger charge is -2.26. The van der Waals surface area contributed by atoms with Gasteiger partial charge in [0.05, 0.1) is 33.3 Å². The molecule has 182 valence electrons. The number of nitrogens with zero attached hydrogens (tertiary/aromatic N) is 3. The number of hydrogen-bond acceptors (Lipinski definition) is 7. The molecule has 1 aliphatic heterocycles. The molecule has 10 heteroatoms. The molecule has 1 fully saturated rings. The van der Waals surface area contributed by atoms with Crippen LogP contribution in [0.1, 0.15) is 68.9 Å². The first kappa shape index (κ1) is 24.2. The maximum atomic E-state index is 13.2. The van der Waals surface area contributed by atoms with E-state index in [0.717, 1.165) is 25.0 Å². The van der Waals surface area contributed by atoms with E-state index in [-0.39, 0.29) is 22.6 Å². The lowest BCUT2D eigenvalue weighted by atomic mass is 10.1. The Labute approximate surface area is 199 Å². The predicted molar refractivity (Wildman–Crippen MR) is 129 cm³/mol. The van der Waals surface area contributed by atoms with Crippen molar-refractivity contribution in [2.75, 3.05) is 18.4 Å². The fourth-order valence-corrected chi connectivity index (χ4v) is 5.51. The van der Waals surface area contributed by atoms with Crippen LogP contribution < -0.4 is 10.1 Å². The van der Waals surface area contributed by atoms with Gasteiger partial charge in [-0.3, -0.25) is 4.79 Å². The fourth-order valence-electron chi connectivity index (χ4n) is 3.96. The van der Waals surface area contributed by atoms with Crippen LogP contribution in [0.15, 0.2) is 39.9 Å². The molecule has 3 heterocycles. The lowest BCUT2D eigenvalue weighted by molar-refractivity contribution is 0.102. The standard InChI is InChI=1S/C24H30N4O5S/c1-15(2)22-19-12-17(14-25-24(19)33-27-22)23(29)26-20-13-18(8-9-21(20)32-16(3)4)34(30,31)28-10-6-5-7-11-28/h8-9,12-16H,5-7,10-11H2,1-4H3,(H,26,29). The second-order valence-corrected chi connectivity index (χ2v) is 11.0. The van der Waals surface area contributed by atoms with Crippen molar-refractivity contribution in [2.45, 2.75) is 63.9 Å². The highest BCUT2D eigenvalue weighted by Gasteiger charge is 2.27. The number of anilines is 1. The van der Waals surface area contributed by atoms with E-state index in [4.69, 9.17) is 9.26 Å². The van der Waals surface area contributed by atoms with Crippen LogP contribution in [0.3, 0.4) is 0 Å². The average molecular weight is 487 g/mol. The third-order valence-electron chi connectivity index (χ3n) is 5.68. The number of aromatic nitrogens is 2. The first-order valence-electron chi connectivity index (χ1n) is 11.5. The molecule has 0 saturated carbocycles. The van der Waals surface area contributed by atoms with Crippen LogP contribution in [-0.4, -0.2) is 48.0 Å². The monoisotopic (exact) mass is 486 g/mol. The van der Waals surface area contributed by atoms with Gasteiger partial charge in [-0.15, -0.1) is 0 Å². The van der Waals surface area contributed by atoms with E-state index < -0.39 is 15.9 Å². The van der Waals surface area contributed by atoms with Gasteiger partial charge in [0, 0.05) is 19.3 Å². The first-order valence-corrected chi connectivity index (χ1v) is 13.0. The molecular formula is C24H30N4O5S. The fraction of sp³-hybridized carbons (Fsp3) is 0.458. The summed E-state index contributed by atoms with van der Waals surface area (Å²) in [6, 6.07) is 6.26. The lowest BCUT2D eigenvalue weighted by Crippen LogP contribution is -2.35. The molecule has 1 amide bonds. The third-order valence-corrected chi connectivity index (χ3v) is 7.58. The Hall–Kier alpha value is -2.98. The Morgan fingerprint density at radius 1 is 1.12 bits per heavy atom. The molecule has 0 aliphatic carbocycles. The Balaban J connectivity index is 1.68. The van der Waals surface area contributed by atoms with Crippen LogP contribution in [-0.2, 0) is 10.0 Å². The number of carbonyl (C=O) groups excluding carboxylic acids is 1. The van der Waals surface area contributed by atoms with Gasteiger partial charge in [-0.25, -0.2) is 13.4 Å². The molecule has 1 aliphatic rings. The number of benzene rings is 1. The summed E-state index contributed by atoms with van der Waals surface area (Å²) in [6.07, 6.45) is 3.95. The van der Waals surface area contributed by atoms with Crippen molar-refractivity contribution in [1.29, 1.82) is 0 Å². The quantitative estimate of drug-likeness (QED) is 0.520. The Kier molecular flexibility index (Phi) is 6.90. The van der Waals surface area contributed by atoms with Gasteiger partial charge < -0.3 is 14.6 Å². The second kappa shape index (κ2) is 9.71. The van der Waals surface area contributed by atoms with Crippen LogP contribution >= 0.6 is 0 Å². The Bertz CT molecular complexity index is 1290. The third kappa shape index (κ3) is 4.92. The number of carbonyl (C=O) groups is 1. The van der Waals surface area contributed by atoms with Gasteiger partial charge in [-0.2, -0.15) is 4.31 Å². The number of ether oxygens (including phenoxy) is 1. The van der Waals surface area contributed by atoms with E-state index >= 15 is 0 Å². The summed E-state index contributed by atoms with van der Waals surface area (Å²) in [5.41, 5.74) is 1.66. The molecule has 1 aromatic carbocycles. The minimum atomic E-state index is -3.67. The van der Waals surface area contributed by atoms with Crippen molar-refractivity contribution in [3.63, 3.8) is 0 Å². The van der Waals surface area contributed by atoms with E-state index in [1.54, 1.807) is 12.1 Å². The summed E-state index contributed by atoms with van der Waals surface area (Å²) in [6.45, 7) is 8.68. The van der Waals surface area contributed by atoms with Gasteiger partial charge >= 0.3 is 0 Å². The van der Waals surface area contributed by atoms with E-state index in [1.807, 2.05) is 27.7 Å². The Morgan fingerprint density at radius 3 is 2.53 bits per heavy atom. The number of nitrogens with one attached hydrogen (secondary N) is 1. The molecule has 2 aromatic heterocycles. The largest absolute Gasteiger partial charge is 0.489 e. The number of sulfonamides is 1. The van der Waals surface area contributed by atoms with Crippen LogP contribution in [0, 0.1) is 0 Å². The minimum absolute atomic E-state index is 0.101. The molecule has 3 aromatic rings. The molecule has 0 spiro atoms. The minimum Gasteiger partial charge on any atom is -0.489 e. The van der Waals surface area contributed by atoms with Crippen LogP contribution in [0.25, 0.3) is 11.1 Å². The highest BCUT2D eigenvalue weighted by atomic mass is 32.2. The van der Waals surface area contributed by atoms with E-state index in [2.05, 4.69) is 15.5 Å². The van der Waals surface area contributed by atoms with Crippen LogP contribution in [0.5, 0.6) is 5.75 Å². The smallest absolute Gasteiger partial charge is 0.257 e. The molecule has 0 radical (unpaired) electrons. The van der Waals surface area contributed by atoms with E-state index in [1.165, 1.54) is 22.6 Å². The first-order chi connectivity index (χ1) is 16.2. The molecular weight excluding hydrogens is 456 g/mol. The zero-order valence-corrected chi connectivity index (χ0v) is 20.7. The highest BCUT2D eigenvalue weighted by Crippen LogP contribution is 2.32. The number of pyridine rings is 1. The van der Waals surface area contributed by atoms with Crippen molar-refractivity contribution < 1.29 is 22.5 Å². The molecule has 34 heavy (non-hydrogen) atoms. The summed E-state index contributed by atoms with van der Waals surface area (Å²) >= 11 is 0. The summed E-state index contributed by atoms with van der Waals surface area (Å²) < 4.78 is 39.0. The molecule has 1 saturated heterocycles. The summed E-state index contributed by atoms with van der Waals surface area (Å²) in [7, 11) is -3.67. The molecule has 4 rings (SSSR count). The van der Waals surface area contributed by atoms with Crippen molar-refractivity contribution >= 4 is 32.7 Å². The summed E-state index contributed by atoms with van der Waals surface area (Å²) in [4.78, 5) is 17.5. The zero-order valence-electron chi connectivity index (χ0n) is 19.9. The zero-order chi connectivity index (χ0) is 24.5. The van der Waals surface area contributed by atoms with Gasteiger partial charge in [0.15, 0.2) is 0 Å². The number of fused-ring (bicyclic) bond motifs is 1. The predicted octanol–water partition coefficient (Wildman–Crippen LogP) is 4.56. The summed E-state index contributed by atoms with van der Waals surface area (Å²) in [5.74, 6) is 0.0540. The number of rotatable bonds is 7. The SMILES string of the molecule is CC(C)Oc1ccc(S(=O)(=O)N2CCCCC2)cc1NC(=O)c1cnc2onc(C(C)C)c2c1. The van der Waals surface area contributed by atoms with Crippen molar-refractivity contribution in [2.24, 2.45) is 0 Å². The molecule has 0 bridgehead atoms. The van der Waals surface area contributed by atoms with Crippen molar-refractivity contribution in [1.82, 2.24) is 14.4 Å². The second-order valence-electron chi connectivity index (χ2n) is 9.04. The topological polar surface area (TPSA) is 115 Å². The van der Waals surface area contributed by atoms with Gasteiger partial charge in [-0.05, 0) is 56.9 Å². The maximum absolute atomic E-state index is 13.2. The van der Waals surface area contributed by atoms with Gasteiger partial charge in [0.2, 0.25) is 10.0 Å². The van der Waals surface area contributed by atoms with Gasteiger partial charge in [0.1, 0.15) is 5.75 Å². The van der Waals surface area contributed by atoms with E-state index in [0.29, 0.717) is 35.5 Å². The highest BCUT2D eigenvalue weighted by molar-refractivity contribution is 7.89. The maximum Gasteiger partial charge on any atom is 0.257 e. The number of piperidine rings is 1. The number of hydrogen-bond donors (Lipinski definition) is 1. The Morgan fingerprint density at radius 2 is 1.85 bits per heavy atom. The average Bonchev–Trinajstić information content (AvgIpc) is 3.24. The molecule has 9 nitrogen and oxygen atoms in total. The normalized spacial score (nSPS) is 15.2. The van der Waals surface area contributed by atoms with Crippen molar-refractivity contribution in [3.8, 4) is 5.75 Å². The van der Waals surface area contributed by atoms with Crippen LogP contribution in [0.2, 0.25) is 0 Å². The number of amides is 1. The van der Waals surface area contributed by atoms with Gasteiger partial charge in [0.25, 0.3) is 11.6 Å². The van der Waals surface area contributed by atoms with E-state index in [9.17, 15) is 13.2 Å². The van der Waals surface area contributed by atoms with Crippen LogP contribution in [0.4, 0.5) is 5.69 Å². The molecule has 0 atom stereocenters.